The van der Waals surface area contributed by atoms with Crippen LogP contribution in [0.1, 0.15) is 22.8 Å². The number of ether oxygens (including phenoxy) is 1. The fourth-order valence-electron chi connectivity index (χ4n) is 4.16. The summed E-state index contributed by atoms with van der Waals surface area (Å²) in [5.41, 5.74) is 4.31. The van der Waals surface area contributed by atoms with Crippen molar-refractivity contribution >= 4 is 32.7 Å². The summed E-state index contributed by atoms with van der Waals surface area (Å²) in [5.74, 6) is 0.375. The van der Waals surface area contributed by atoms with Gasteiger partial charge in [0.1, 0.15) is 5.82 Å². The van der Waals surface area contributed by atoms with Gasteiger partial charge in [0.15, 0.2) is 0 Å². The van der Waals surface area contributed by atoms with Gasteiger partial charge in [0.2, 0.25) is 10.0 Å². The Balaban J connectivity index is 1.36. The van der Waals surface area contributed by atoms with Gasteiger partial charge in [-0.25, -0.2) is 13.4 Å². The zero-order valence-electron chi connectivity index (χ0n) is 19.3. The van der Waals surface area contributed by atoms with Crippen LogP contribution < -0.4 is 5.32 Å². The van der Waals surface area contributed by atoms with E-state index in [1.165, 1.54) is 10.4 Å². The summed E-state index contributed by atoms with van der Waals surface area (Å²) >= 11 is 0. The molecule has 8 nitrogen and oxygen atoms in total. The van der Waals surface area contributed by atoms with Gasteiger partial charge >= 0.3 is 0 Å². The summed E-state index contributed by atoms with van der Waals surface area (Å²) in [6.45, 7) is 3.24. The summed E-state index contributed by atoms with van der Waals surface area (Å²) in [6.07, 6.45) is 0.546. The van der Waals surface area contributed by atoms with Gasteiger partial charge in [-0.15, -0.1) is 0 Å². The monoisotopic (exact) mass is 490 g/mol. The van der Waals surface area contributed by atoms with Gasteiger partial charge in [0.05, 0.1) is 29.1 Å². The van der Waals surface area contributed by atoms with Crippen LogP contribution in [0.15, 0.2) is 71.6 Å². The van der Waals surface area contributed by atoms with Crippen LogP contribution in [0.5, 0.6) is 0 Å². The van der Waals surface area contributed by atoms with E-state index in [1.54, 1.807) is 24.3 Å². The van der Waals surface area contributed by atoms with Crippen molar-refractivity contribution in [2.24, 2.45) is 0 Å². The number of aromatic amines is 1. The molecule has 0 unspecified atom stereocenters. The Morgan fingerprint density at radius 2 is 1.80 bits per heavy atom. The number of rotatable bonds is 6. The minimum absolute atomic E-state index is 0.176. The number of hydrogen-bond donors (Lipinski definition) is 2. The summed E-state index contributed by atoms with van der Waals surface area (Å²) in [4.78, 5) is 21.0. The quantitative estimate of drug-likeness (QED) is 0.424. The molecule has 3 aromatic carbocycles. The highest BCUT2D eigenvalue weighted by molar-refractivity contribution is 7.89. The second-order valence-electron chi connectivity index (χ2n) is 8.33. The number of aromatic nitrogens is 2. The van der Waals surface area contributed by atoms with Crippen molar-refractivity contribution in [1.29, 1.82) is 0 Å². The van der Waals surface area contributed by atoms with Gasteiger partial charge in [-0.2, -0.15) is 4.31 Å². The summed E-state index contributed by atoms with van der Waals surface area (Å²) < 4.78 is 33.2. The van der Waals surface area contributed by atoms with Crippen molar-refractivity contribution in [3.63, 3.8) is 0 Å². The molecular formula is C26H26N4O4S. The fourth-order valence-corrected chi connectivity index (χ4v) is 5.89. The Hall–Kier alpha value is -3.53. The third-order valence-electron chi connectivity index (χ3n) is 6.10. The molecule has 0 aliphatic carbocycles. The van der Waals surface area contributed by atoms with E-state index in [-0.39, 0.29) is 16.4 Å². The number of aryl methyl sites for hydroxylation is 1. The molecule has 2 heterocycles. The average Bonchev–Trinajstić information content (AvgIpc) is 3.33. The number of H-pyrrole nitrogens is 1. The van der Waals surface area contributed by atoms with Gasteiger partial charge in [0.25, 0.3) is 5.91 Å². The van der Waals surface area contributed by atoms with Gasteiger partial charge in [-0.05, 0) is 60.5 Å². The maximum atomic E-state index is 13.3. The third-order valence-corrected chi connectivity index (χ3v) is 8.08. The Labute approximate surface area is 204 Å². The maximum Gasteiger partial charge on any atom is 0.255 e. The molecule has 9 heteroatoms. The van der Waals surface area contributed by atoms with Crippen LogP contribution in [0.3, 0.4) is 0 Å². The Bertz CT molecular complexity index is 1440. The Morgan fingerprint density at radius 1 is 1.06 bits per heavy atom. The van der Waals surface area contributed by atoms with E-state index in [0.717, 1.165) is 22.4 Å². The van der Waals surface area contributed by atoms with Crippen LogP contribution in [0.4, 0.5) is 5.69 Å². The van der Waals surface area contributed by atoms with E-state index in [1.807, 2.05) is 43.3 Å². The van der Waals surface area contributed by atoms with Crippen molar-refractivity contribution in [2.75, 3.05) is 31.6 Å². The zero-order valence-corrected chi connectivity index (χ0v) is 20.1. The van der Waals surface area contributed by atoms with Gasteiger partial charge in [-0.3, -0.25) is 4.79 Å². The number of morpholine rings is 1. The largest absolute Gasteiger partial charge is 0.379 e. The number of imidazole rings is 1. The molecule has 4 aromatic rings. The lowest BCUT2D eigenvalue weighted by Crippen LogP contribution is -2.41. The van der Waals surface area contributed by atoms with E-state index in [4.69, 9.17) is 4.74 Å². The average molecular weight is 491 g/mol. The first kappa shape index (κ1) is 23.2. The van der Waals surface area contributed by atoms with Crippen LogP contribution in [0, 0.1) is 0 Å². The molecule has 0 spiro atoms. The van der Waals surface area contributed by atoms with E-state index in [2.05, 4.69) is 15.3 Å². The van der Waals surface area contributed by atoms with Crippen LogP contribution in [0.25, 0.3) is 22.4 Å². The predicted octanol–water partition coefficient (Wildman–Crippen LogP) is 4.07. The second kappa shape index (κ2) is 9.61. The van der Waals surface area contributed by atoms with Crippen LogP contribution in [-0.2, 0) is 21.2 Å². The number of anilines is 1. The Kier molecular flexibility index (Phi) is 6.38. The smallest absolute Gasteiger partial charge is 0.255 e. The van der Waals surface area contributed by atoms with Gasteiger partial charge < -0.3 is 15.0 Å². The van der Waals surface area contributed by atoms with E-state index < -0.39 is 10.0 Å². The maximum absolute atomic E-state index is 13.3. The van der Waals surface area contributed by atoms with E-state index >= 15 is 0 Å². The molecule has 1 aromatic heterocycles. The normalized spacial score (nSPS) is 14.8. The molecule has 35 heavy (non-hydrogen) atoms. The molecule has 1 fully saturated rings. The van der Waals surface area contributed by atoms with Crippen LogP contribution in [0.2, 0.25) is 0 Å². The number of carbonyl (C=O) groups is 1. The van der Waals surface area contributed by atoms with Crippen molar-refractivity contribution in [1.82, 2.24) is 14.3 Å². The summed E-state index contributed by atoms with van der Waals surface area (Å²) in [7, 11) is -3.72. The highest BCUT2D eigenvalue weighted by atomic mass is 32.2. The number of carbonyl (C=O) groups excluding carboxylic acids is 1. The van der Waals surface area contributed by atoms with Crippen LogP contribution in [-0.4, -0.2) is 54.9 Å². The van der Waals surface area contributed by atoms with Crippen LogP contribution >= 0.6 is 0 Å². The lowest BCUT2D eigenvalue weighted by molar-refractivity contribution is 0.0730. The first-order valence-corrected chi connectivity index (χ1v) is 13.0. The molecule has 0 radical (unpaired) electrons. The van der Waals surface area contributed by atoms with Gasteiger partial charge in [-0.1, -0.05) is 25.1 Å². The van der Waals surface area contributed by atoms with Crippen molar-refractivity contribution in [2.45, 2.75) is 18.2 Å². The molecule has 0 bridgehead atoms. The molecule has 0 saturated carbocycles. The minimum Gasteiger partial charge on any atom is -0.379 e. The zero-order chi connectivity index (χ0) is 24.4. The lowest BCUT2D eigenvalue weighted by atomic mass is 10.1. The number of benzene rings is 3. The molecule has 180 valence electrons. The molecule has 5 rings (SSSR count). The Morgan fingerprint density at radius 3 is 2.51 bits per heavy atom. The number of nitrogens with zero attached hydrogens (tertiary/aromatic N) is 2. The minimum atomic E-state index is -3.72. The molecular weight excluding hydrogens is 464 g/mol. The number of sulfonamides is 1. The van der Waals surface area contributed by atoms with Crippen molar-refractivity contribution in [3.8, 4) is 11.4 Å². The molecule has 0 atom stereocenters. The number of para-hydroxylation sites is 2. The highest BCUT2D eigenvalue weighted by Gasteiger charge is 2.29. The SMILES string of the molecule is CCc1ccc(C(=O)Nc2ccc(-c3nc4ccccc4[nH]3)cc2)cc1S(=O)(=O)N1CCOCC1. The van der Waals surface area contributed by atoms with E-state index in [9.17, 15) is 13.2 Å². The molecule has 2 N–H and O–H groups in total. The number of hydrogen-bond acceptors (Lipinski definition) is 5. The molecule has 1 aliphatic heterocycles. The first-order valence-electron chi connectivity index (χ1n) is 11.5. The third kappa shape index (κ3) is 4.70. The van der Waals surface area contributed by atoms with Gasteiger partial charge in [0, 0.05) is 29.9 Å². The lowest BCUT2D eigenvalue weighted by Gasteiger charge is -2.27. The predicted molar refractivity (Wildman–Crippen MR) is 135 cm³/mol. The first-order chi connectivity index (χ1) is 17.0. The standard InChI is InChI=1S/C26H26N4O4S/c1-2-18-7-8-20(17-24(18)35(32,33)30-13-15-34-16-14-30)26(31)27-21-11-9-19(10-12-21)25-28-22-5-3-4-6-23(22)29-25/h3-12,17H,2,13-16H2,1H3,(H,27,31)(H,28,29). The fraction of sp³-hybridized carbons (Fsp3) is 0.231. The summed E-state index contributed by atoms with van der Waals surface area (Å²) in [5, 5.41) is 2.86. The second-order valence-corrected chi connectivity index (χ2v) is 10.2. The molecule has 1 aliphatic rings. The number of fused-ring (bicyclic) bond motifs is 1. The molecule has 1 saturated heterocycles. The molecule has 1 amide bonds. The number of amides is 1. The topological polar surface area (TPSA) is 104 Å². The summed E-state index contributed by atoms with van der Waals surface area (Å²) in [6, 6.07) is 20.0. The number of nitrogens with one attached hydrogen (secondary N) is 2. The van der Waals surface area contributed by atoms with E-state index in [0.29, 0.717) is 44.0 Å². The van der Waals surface area contributed by atoms with Crippen molar-refractivity contribution in [3.05, 3.63) is 77.9 Å². The highest BCUT2D eigenvalue weighted by Crippen LogP contribution is 2.25. The van der Waals surface area contributed by atoms with Crippen molar-refractivity contribution < 1.29 is 17.9 Å².